The van der Waals surface area contributed by atoms with Crippen LogP contribution in [0.5, 0.6) is 0 Å². The van der Waals surface area contributed by atoms with E-state index in [1.807, 2.05) is 0 Å². The highest BCUT2D eigenvalue weighted by atomic mass is 15.1. The minimum absolute atomic E-state index is 0.564. The molecule has 54 valence electrons. The summed E-state index contributed by atoms with van der Waals surface area (Å²) in [6.07, 6.45) is 0. The molecule has 0 aromatic carbocycles. The van der Waals surface area contributed by atoms with Crippen molar-refractivity contribution in [3.8, 4) is 6.07 Å². The van der Waals surface area contributed by atoms with E-state index in [1.54, 1.807) is 0 Å². The second kappa shape index (κ2) is 2.85. The third-order valence-corrected chi connectivity index (χ3v) is 1.94. The normalized spacial score (nSPS) is 19.7. The van der Waals surface area contributed by atoms with Crippen molar-refractivity contribution in [2.45, 2.75) is 13.8 Å². The number of hydrogen-bond donors (Lipinski definition) is 0. The molecule has 1 heterocycles. The molecule has 0 amide bonds. The first kappa shape index (κ1) is 7.30. The third-order valence-electron chi connectivity index (χ3n) is 1.94. The highest BCUT2D eigenvalue weighted by molar-refractivity contribution is 5.19. The molecule has 0 N–H and O–H groups in total. The molecule has 0 unspecified atom stereocenters. The zero-order valence-electron chi connectivity index (χ0n) is 6.52. The van der Waals surface area contributed by atoms with E-state index < -0.39 is 0 Å². The zero-order valence-corrected chi connectivity index (χ0v) is 6.52. The van der Waals surface area contributed by atoms with Gasteiger partial charge in [0.05, 0.1) is 12.6 Å². The summed E-state index contributed by atoms with van der Waals surface area (Å²) in [5, 5.41) is 8.39. The molecule has 0 saturated carbocycles. The fourth-order valence-corrected chi connectivity index (χ4v) is 1.21. The number of rotatable bonds is 1. The van der Waals surface area contributed by atoms with Crippen LogP contribution in [-0.2, 0) is 0 Å². The van der Waals surface area contributed by atoms with Gasteiger partial charge in [-0.15, -0.1) is 0 Å². The molecule has 1 aliphatic heterocycles. The Balaban J connectivity index is 2.45. The lowest BCUT2D eigenvalue weighted by molar-refractivity contribution is 0.388. The summed E-state index contributed by atoms with van der Waals surface area (Å²) >= 11 is 0. The van der Waals surface area contributed by atoms with Crippen LogP contribution in [0.25, 0.3) is 0 Å². The molecule has 10 heavy (non-hydrogen) atoms. The minimum atomic E-state index is 0.564. The smallest absolute Gasteiger partial charge is 0.0871 e. The second-order valence-corrected chi connectivity index (χ2v) is 2.86. The van der Waals surface area contributed by atoms with E-state index in [1.165, 1.54) is 11.1 Å². The van der Waals surface area contributed by atoms with Crippen LogP contribution in [0.4, 0.5) is 0 Å². The van der Waals surface area contributed by atoms with Crippen molar-refractivity contribution in [3.05, 3.63) is 11.1 Å². The molecule has 0 radical (unpaired) electrons. The molecule has 0 aliphatic carbocycles. The fourth-order valence-electron chi connectivity index (χ4n) is 1.21. The molecule has 1 aliphatic rings. The molecule has 0 spiro atoms. The molecule has 0 fully saturated rings. The molecule has 0 aromatic heterocycles. The zero-order chi connectivity index (χ0) is 7.56. The summed E-state index contributed by atoms with van der Waals surface area (Å²) < 4.78 is 0. The third kappa shape index (κ3) is 1.37. The summed E-state index contributed by atoms with van der Waals surface area (Å²) in [5.74, 6) is 0. The number of nitrogens with zero attached hydrogens (tertiary/aromatic N) is 2. The van der Waals surface area contributed by atoms with Crippen molar-refractivity contribution in [2.24, 2.45) is 0 Å². The SMILES string of the molecule is CC1=C(C)CN(CC#N)C1. The maximum absolute atomic E-state index is 8.39. The van der Waals surface area contributed by atoms with Crippen molar-refractivity contribution in [3.63, 3.8) is 0 Å². The molecule has 0 aromatic rings. The largest absolute Gasteiger partial charge is 0.283 e. The van der Waals surface area contributed by atoms with E-state index in [9.17, 15) is 0 Å². The van der Waals surface area contributed by atoms with Crippen molar-refractivity contribution >= 4 is 0 Å². The average Bonchev–Trinajstić information content (AvgIpc) is 2.14. The summed E-state index contributed by atoms with van der Waals surface area (Å²) in [6.45, 7) is 6.80. The van der Waals surface area contributed by atoms with Gasteiger partial charge in [-0.25, -0.2) is 0 Å². The highest BCUT2D eigenvalue weighted by Crippen LogP contribution is 2.14. The van der Waals surface area contributed by atoms with Crippen molar-refractivity contribution in [1.29, 1.82) is 5.26 Å². The van der Waals surface area contributed by atoms with E-state index in [2.05, 4.69) is 24.8 Å². The van der Waals surface area contributed by atoms with Gasteiger partial charge in [0.2, 0.25) is 0 Å². The van der Waals surface area contributed by atoms with Crippen LogP contribution >= 0.6 is 0 Å². The Morgan fingerprint density at radius 2 is 1.90 bits per heavy atom. The minimum Gasteiger partial charge on any atom is -0.283 e. The van der Waals surface area contributed by atoms with Gasteiger partial charge in [0.1, 0.15) is 0 Å². The van der Waals surface area contributed by atoms with E-state index in [0.717, 1.165) is 13.1 Å². The number of hydrogen-bond acceptors (Lipinski definition) is 2. The Morgan fingerprint density at radius 1 is 1.40 bits per heavy atom. The Morgan fingerprint density at radius 3 is 2.30 bits per heavy atom. The van der Waals surface area contributed by atoms with Crippen LogP contribution in [0.3, 0.4) is 0 Å². The van der Waals surface area contributed by atoms with Gasteiger partial charge in [0.15, 0.2) is 0 Å². The first-order valence-electron chi connectivity index (χ1n) is 3.48. The molecule has 0 saturated heterocycles. The maximum Gasteiger partial charge on any atom is 0.0871 e. The lowest BCUT2D eigenvalue weighted by Gasteiger charge is -2.08. The van der Waals surface area contributed by atoms with Crippen LogP contribution in [0.15, 0.2) is 11.1 Å². The van der Waals surface area contributed by atoms with E-state index in [0.29, 0.717) is 6.54 Å². The van der Waals surface area contributed by atoms with Gasteiger partial charge >= 0.3 is 0 Å². The van der Waals surface area contributed by atoms with Crippen LogP contribution in [0.2, 0.25) is 0 Å². The molecule has 2 nitrogen and oxygen atoms in total. The Hall–Kier alpha value is -0.810. The van der Waals surface area contributed by atoms with Gasteiger partial charge in [-0.2, -0.15) is 5.26 Å². The summed E-state index contributed by atoms with van der Waals surface area (Å²) in [6, 6.07) is 2.15. The average molecular weight is 136 g/mol. The van der Waals surface area contributed by atoms with Gasteiger partial charge in [-0.1, -0.05) is 11.1 Å². The highest BCUT2D eigenvalue weighted by Gasteiger charge is 2.14. The standard InChI is InChI=1S/C8H12N2/c1-7-5-10(4-3-9)6-8(7)2/h4-6H2,1-2H3. The van der Waals surface area contributed by atoms with Crippen LogP contribution in [0, 0.1) is 11.3 Å². The lowest BCUT2D eigenvalue weighted by Crippen LogP contribution is -2.21. The molecule has 0 bridgehead atoms. The quantitative estimate of drug-likeness (QED) is 0.399. The van der Waals surface area contributed by atoms with Crippen LogP contribution in [0.1, 0.15) is 13.8 Å². The summed E-state index contributed by atoms with van der Waals surface area (Å²) in [4.78, 5) is 2.14. The predicted molar refractivity (Wildman–Crippen MR) is 40.4 cm³/mol. The van der Waals surface area contributed by atoms with Gasteiger partial charge in [-0.3, -0.25) is 4.90 Å². The van der Waals surface area contributed by atoms with Crippen molar-refractivity contribution < 1.29 is 0 Å². The van der Waals surface area contributed by atoms with E-state index >= 15 is 0 Å². The number of nitriles is 1. The maximum atomic E-state index is 8.39. The van der Waals surface area contributed by atoms with Crippen LogP contribution < -0.4 is 0 Å². The monoisotopic (exact) mass is 136 g/mol. The summed E-state index contributed by atoms with van der Waals surface area (Å²) in [7, 11) is 0. The van der Waals surface area contributed by atoms with E-state index in [-0.39, 0.29) is 0 Å². The molecule has 0 atom stereocenters. The molecular weight excluding hydrogens is 124 g/mol. The molecular formula is C8H12N2. The Labute approximate surface area is 61.8 Å². The van der Waals surface area contributed by atoms with Gasteiger partial charge in [-0.05, 0) is 13.8 Å². The van der Waals surface area contributed by atoms with Gasteiger partial charge < -0.3 is 0 Å². The first-order chi connectivity index (χ1) is 4.74. The lowest BCUT2D eigenvalue weighted by atomic mass is 10.2. The second-order valence-electron chi connectivity index (χ2n) is 2.86. The molecule has 2 heteroatoms. The van der Waals surface area contributed by atoms with Crippen LogP contribution in [-0.4, -0.2) is 24.5 Å². The topological polar surface area (TPSA) is 27.0 Å². The van der Waals surface area contributed by atoms with Crippen molar-refractivity contribution in [2.75, 3.05) is 19.6 Å². The molecule has 1 rings (SSSR count). The van der Waals surface area contributed by atoms with E-state index in [4.69, 9.17) is 5.26 Å². The van der Waals surface area contributed by atoms with Gasteiger partial charge in [0, 0.05) is 13.1 Å². The fraction of sp³-hybridized carbons (Fsp3) is 0.625. The Kier molecular flexibility index (Phi) is 2.08. The Bertz CT molecular complexity index is 184. The summed E-state index contributed by atoms with van der Waals surface area (Å²) in [5.41, 5.74) is 2.85. The van der Waals surface area contributed by atoms with Gasteiger partial charge in [0.25, 0.3) is 0 Å². The first-order valence-corrected chi connectivity index (χ1v) is 3.48. The predicted octanol–water partition coefficient (Wildman–Crippen LogP) is 1.16. The van der Waals surface area contributed by atoms with Crippen molar-refractivity contribution in [1.82, 2.24) is 4.90 Å².